The molecule has 2 rings (SSSR count). The third-order valence-corrected chi connectivity index (χ3v) is 3.83. The van der Waals surface area contributed by atoms with Crippen molar-refractivity contribution in [1.29, 1.82) is 0 Å². The highest BCUT2D eigenvalue weighted by atomic mass is 32.1. The van der Waals surface area contributed by atoms with Gasteiger partial charge in [0.15, 0.2) is 0 Å². The lowest BCUT2D eigenvalue weighted by molar-refractivity contribution is 0.332. The zero-order valence-corrected chi connectivity index (χ0v) is 11.7. The Morgan fingerprint density at radius 1 is 1.22 bits per heavy atom. The lowest BCUT2D eigenvalue weighted by Gasteiger charge is -2.19. The maximum Gasteiger partial charge on any atom is 0.124 e. The summed E-state index contributed by atoms with van der Waals surface area (Å²) < 4.78 is 5.70. The second-order valence-electron chi connectivity index (χ2n) is 4.10. The summed E-state index contributed by atoms with van der Waals surface area (Å²) in [5.41, 5.74) is 1.23. The Bertz CT molecular complexity index is 467. The summed E-state index contributed by atoms with van der Waals surface area (Å²) in [4.78, 5) is 1.39. The first-order chi connectivity index (χ1) is 8.85. The molecule has 3 heteroatoms. The van der Waals surface area contributed by atoms with Crippen molar-refractivity contribution in [3.05, 3.63) is 52.2 Å². The van der Waals surface area contributed by atoms with E-state index in [1.807, 2.05) is 26.1 Å². The lowest BCUT2D eigenvalue weighted by Crippen LogP contribution is -2.19. The Morgan fingerprint density at radius 3 is 2.72 bits per heavy atom. The highest BCUT2D eigenvalue weighted by Gasteiger charge is 2.15. The van der Waals surface area contributed by atoms with Crippen LogP contribution in [0.25, 0.3) is 0 Å². The molecule has 0 bridgehead atoms. The van der Waals surface area contributed by atoms with Gasteiger partial charge < -0.3 is 10.1 Å². The van der Waals surface area contributed by atoms with Crippen LogP contribution >= 0.6 is 11.3 Å². The molecule has 1 heterocycles. The van der Waals surface area contributed by atoms with Gasteiger partial charge in [-0.15, -0.1) is 11.3 Å². The van der Waals surface area contributed by atoms with Gasteiger partial charge in [-0.05, 0) is 31.5 Å². The molecular formula is C15H19NOS. The molecule has 0 radical (unpaired) electrons. The topological polar surface area (TPSA) is 21.3 Å². The summed E-state index contributed by atoms with van der Waals surface area (Å²) in [6.07, 6.45) is 0.998. The second-order valence-corrected chi connectivity index (χ2v) is 5.13. The van der Waals surface area contributed by atoms with Gasteiger partial charge in [0.25, 0.3) is 0 Å². The molecule has 1 aromatic carbocycles. The van der Waals surface area contributed by atoms with Crippen molar-refractivity contribution in [2.75, 3.05) is 13.7 Å². The zero-order valence-electron chi connectivity index (χ0n) is 10.8. The van der Waals surface area contributed by atoms with Crippen LogP contribution < -0.4 is 10.1 Å². The van der Waals surface area contributed by atoms with Crippen molar-refractivity contribution in [2.45, 2.75) is 19.4 Å². The predicted octanol–water partition coefficient (Wildman–Crippen LogP) is 3.65. The maximum absolute atomic E-state index is 5.70. The van der Waals surface area contributed by atoms with Crippen molar-refractivity contribution in [1.82, 2.24) is 5.32 Å². The van der Waals surface area contributed by atoms with Gasteiger partial charge in [0, 0.05) is 22.9 Å². The average molecular weight is 261 g/mol. The van der Waals surface area contributed by atoms with Gasteiger partial charge in [0.05, 0.1) is 6.61 Å². The van der Waals surface area contributed by atoms with Gasteiger partial charge in [-0.25, -0.2) is 0 Å². The highest BCUT2D eigenvalue weighted by molar-refractivity contribution is 7.09. The summed E-state index contributed by atoms with van der Waals surface area (Å²) in [7, 11) is 2.00. The largest absolute Gasteiger partial charge is 0.494 e. The van der Waals surface area contributed by atoms with Crippen LogP contribution in [0.3, 0.4) is 0 Å². The highest BCUT2D eigenvalue weighted by Crippen LogP contribution is 2.28. The molecule has 0 fully saturated rings. The van der Waals surface area contributed by atoms with Crippen molar-refractivity contribution in [3.8, 4) is 5.75 Å². The van der Waals surface area contributed by atoms with Gasteiger partial charge in [-0.1, -0.05) is 24.3 Å². The summed E-state index contributed by atoms with van der Waals surface area (Å²) in [5, 5.41) is 5.50. The minimum absolute atomic E-state index is 0.298. The van der Waals surface area contributed by atoms with E-state index >= 15 is 0 Å². The maximum atomic E-state index is 5.70. The molecule has 0 saturated heterocycles. The fourth-order valence-corrected chi connectivity index (χ4v) is 2.80. The van der Waals surface area contributed by atoms with Gasteiger partial charge in [0.1, 0.15) is 5.75 Å². The van der Waals surface area contributed by atoms with E-state index in [0.717, 1.165) is 12.2 Å². The van der Waals surface area contributed by atoms with Crippen molar-refractivity contribution >= 4 is 11.3 Å². The average Bonchev–Trinajstić information content (AvgIpc) is 2.90. The number of rotatable bonds is 6. The summed E-state index contributed by atoms with van der Waals surface area (Å²) in [6, 6.07) is 12.8. The number of hydrogen-bond acceptors (Lipinski definition) is 3. The molecule has 0 aliphatic carbocycles. The monoisotopic (exact) mass is 261 g/mol. The van der Waals surface area contributed by atoms with Crippen molar-refractivity contribution in [2.24, 2.45) is 0 Å². The smallest absolute Gasteiger partial charge is 0.124 e. The molecule has 2 aromatic rings. The molecule has 2 nitrogen and oxygen atoms in total. The molecule has 1 N–H and O–H groups in total. The molecule has 0 aliphatic heterocycles. The van der Waals surface area contributed by atoms with Crippen molar-refractivity contribution < 1.29 is 4.74 Å². The third kappa shape index (κ3) is 3.12. The Labute approximate surface area is 113 Å². The normalized spacial score (nSPS) is 12.3. The predicted molar refractivity (Wildman–Crippen MR) is 77.4 cm³/mol. The zero-order chi connectivity index (χ0) is 12.8. The van der Waals surface area contributed by atoms with Crippen LogP contribution in [-0.4, -0.2) is 13.7 Å². The lowest BCUT2D eigenvalue weighted by atomic mass is 10.0. The molecule has 96 valence electrons. The van der Waals surface area contributed by atoms with Crippen LogP contribution in [0.15, 0.2) is 41.8 Å². The molecule has 0 saturated carbocycles. The molecular weight excluding hydrogens is 242 g/mol. The summed E-state index contributed by atoms with van der Waals surface area (Å²) in [5.74, 6) is 0.982. The van der Waals surface area contributed by atoms with E-state index in [1.165, 1.54) is 10.4 Å². The van der Waals surface area contributed by atoms with Crippen LogP contribution in [0.1, 0.15) is 23.4 Å². The van der Waals surface area contributed by atoms with Crippen LogP contribution in [0.2, 0.25) is 0 Å². The fraction of sp³-hybridized carbons (Fsp3) is 0.333. The Morgan fingerprint density at radius 2 is 2.06 bits per heavy atom. The van der Waals surface area contributed by atoms with Gasteiger partial charge in [0.2, 0.25) is 0 Å². The van der Waals surface area contributed by atoms with Crippen LogP contribution in [0.5, 0.6) is 5.75 Å². The van der Waals surface area contributed by atoms with Gasteiger partial charge in [-0.3, -0.25) is 0 Å². The molecule has 1 atom stereocenters. The number of para-hydroxylation sites is 1. The van der Waals surface area contributed by atoms with E-state index in [1.54, 1.807) is 11.3 Å². The quantitative estimate of drug-likeness (QED) is 0.857. The summed E-state index contributed by atoms with van der Waals surface area (Å²) in [6.45, 7) is 2.72. The number of hydrogen-bond donors (Lipinski definition) is 1. The van der Waals surface area contributed by atoms with Gasteiger partial charge >= 0.3 is 0 Å². The summed E-state index contributed by atoms with van der Waals surface area (Å²) >= 11 is 1.80. The third-order valence-electron chi connectivity index (χ3n) is 2.93. The van der Waals surface area contributed by atoms with Crippen LogP contribution in [-0.2, 0) is 6.42 Å². The van der Waals surface area contributed by atoms with E-state index in [9.17, 15) is 0 Å². The van der Waals surface area contributed by atoms with Crippen molar-refractivity contribution in [3.63, 3.8) is 0 Å². The first kappa shape index (κ1) is 13.1. The molecule has 18 heavy (non-hydrogen) atoms. The minimum Gasteiger partial charge on any atom is -0.494 e. The second kappa shape index (κ2) is 6.57. The number of ether oxygens (including phenoxy) is 1. The van der Waals surface area contributed by atoms with E-state index < -0.39 is 0 Å². The van der Waals surface area contributed by atoms with E-state index in [4.69, 9.17) is 4.74 Å². The Balaban J connectivity index is 2.21. The first-order valence-electron chi connectivity index (χ1n) is 6.26. The molecule has 1 aromatic heterocycles. The fourth-order valence-electron chi connectivity index (χ4n) is 2.05. The van der Waals surface area contributed by atoms with E-state index in [2.05, 4.69) is 35.0 Å². The van der Waals surface area contributed by atoms with E-state index in [0.29, 0.717) is 12.6 Å². The van der Waals surface area contributed by atoms with Crippen LogP contribution in [0.4, 0.5) is 0 Å². The number of nitrogens with one attached hydrogen (secondary N) is 1. The minimum atomic E-state index is 0.298. The number of thiophene rings is 1. The first-order valence-corrected chi connectivity index (χ1v) is 7.14. The molecule has 1 unspecified atom stereocenters. The van der Waals surface area contributed by atoms with E-state index in [-0.39, 0.29) is 0 Å². The van der Waals surface area contributed by atoms with Gasteiger partial charge in [-0.2, -0.15) is 0 Å². The van der Waals surface area contributed by atoms with Crippen LogP contribution in [0, 0.1) is 0 Å². The Kier molecular flexibility index (Phi) is 4.79. The standard InChI is InChI=1S/C15H19NOS/c1-3-17-15-9-5-4-8-13(15)14(16-2)11-12-7-6-10-18-12/h4-10,14,16H,3,11H2,1-2H3. The number of benzene rings is 1. The SMILES string of the molecule is CCOc1ccccc1C(Cc1cccs1)NC. The molecule has 0 aliphatic rings. The molecule has 0 spiro atoms. The number of likely N-dealkylation sites (N-methyl/N-ethyl adjacent to an activating group) is 1. The Hall–Kier alpha value is -1.32. The molecule has 0 amide bonds.